The number of aliphatic hydroxyl groups is 1. The van der Waals surface area contributed by atoms with Gasteiger partial charge in [-0.2, -0.15) is 11.8 Å². The zero-order valence-electron chi connectivity index (χ0n) is 8.54. The Balaban J connectivity index is 2.56. The molecule has 15 heavy (non-hydrogen) atoms. The van der Waals surface area contributed by atoms with Gasteiger partial charge in [0.1, 0.15) is 5.82 Å². The first-order chi connectivity index (χ1) is 7.13. The normalized spacial score (nSPS) is 12.8. The lowest BCUT2D eigenvalue weighted by molar-refractivity contribution is 0.199. The third kappa shape index (κ3) is 4.41. The summed E-state index contributed by atoms with van der Waals surface area (Å²) in [6.07, 6.45) is -0.152. The Kier molecular flexibility index (Phi) is 5.43. The first-order valence-corrected chi connectivity index (χ1v) is 6.36. The highest BCUT2D eigenvalue weighted by Gasteiger charge is 2.09. The van der Waals surface area contributed by atoms with Crippen LogP contribution in [0.15, 0.2) is 18.2 Å². The second-order valence-corrected chi connectivity index (χ2v) is 5.01. The van der Waals surface area contributed by atoms with Crippen molar-refractivity contribution in [1.82, 2.24) is 0 Å². The second-order valence-electron chi connectivity index (χ2n) is 3.25. The average molecular weight is 249 g/mol. The van der Waals surface area contributed by atoms with Gasteiger partial charge < -0.3 is 5.11 Å². The molecule has 1 N–H and O–H groups in total. The SMILES string of the molecule is CCSCC(O)Cc1ccc(Cl)cc1F. The van der Waals surface area contributed by atoms with E-state index in [0.717, 1.165) is 5.75 Å². The van der Waals surface area contributed by atoms with Crippen LogP contribution < -0.4 is 0 Å². The minimum Gasteiger partial charge on any atom is -0.392 e. The van der Waals surface area contributed by atoms with Crippen LogP contribution in [0.3, 0.4) is 0 Å². The fourth-order valence-electron chi connectivity index (χ4n) is 1.25. The zero-order chi connectivity index (χ0) is 11.3. The van der Waals surface area contributed by atoms with Crippen LogP contribution in [0.2, 0.25) is 5.02 Å². The van der Waals surface area contributed by atoms with Crippen LogP contribution in [0.1, 0.15) is 12.5 Å². The molecule has 0 aliphatic rings. The third-order valence-electron chi connectivity index (χ3n) is 1.99. The van der Waals surface area contributed by atoms with Crippen LogP contribution in [0.5, 0.6) is 0 Å². The summed E-state index contributed by atoms with van der Waals surface area (Å²) in [6, 6.07) is 4.54. The van der Waals surface area contributed by atoms with E-state index in [0.29, 0.717) is 22.8 Å². The van der Waals surface area contributed by atoms with E-state index in [1.165, 1.54) is 6.07 Å². The third-order valence-corrected chi connectivity index (χ3v) is 3.25. The summed E-state index contributed by atoms with van der Waals surface area (Å²) >= 11 is 7.28. The fraction of sp³-hybridized carbons (Fsp3) is 0.455. The maximum Gasteiger partial charge on any atom is 0.127 e. The Morgan fingerprint density at radius 3 is 2.87 bits per heavy atom. The molecule has 0 fully saturated rings. The molecule has 0 spiro atoms. The minimum absolute atomic E-state index is 0.343. The number of rotatable bonds is 5. The largest absolute Gasteiger partial charge is 0.392 e. The number of benzene rings is 1. The molecule has 1 rings (SSSR count). The van der Waals surface area contributed by atoms with Gasteiger partial charge in [-0.05, 0) is 23.4 Å². The van der Waals surface area contributed by atoms with E-state index in [4.69, 9.17) is 11.6 Å². The van der Waals surface area contributed by atoms with Crippen molar-refractivity contribution in [2.24, 2.45) is 0 Å². The van der Waals surface area contributed by atoms with Crippen LogP contribution in [0.25, 0.3) is 0 Å². The van der Waals surface area contributed by atoms with Crippen LogP contribution in [0, 0.1) is 5.82 Å². The molecule has 1 nitrogen and oxygen atoms in total. The van der Waals surface area contributed by atoms with Crippen molar-refractivity contribution >= 4 is 23.4 Å². The van der Waals surface area contributed by atoms with Gasteiger partial charge in [-0.25, -0.2) is 4.39 Å². The van der Waals surface area contributed by atoms with Gasteiger partial charge in [0.2, 0.25) is 0 Å². The summed E-state index contributed by atoms with van der Waals surface area (Å²) in [5.74, 6) is 1.25. The van der Waals surface area contributed by atoms with E-state index in [2.05, 4.69) is 0 Å². The van der Waals surface area contributed by atoms with Gasteiger partial charge in [0.15, 0.2) is 0 Å². The molecule has 0 saturated heterocycles. The van der Waals surface area contributed by atoms with E-state index in [1.807, 2.05) is 6.92 Å². The Labute approximate surface area is 98.6 Å². The molecule has 1 atom stereocenters. The molecule has 0 saturated carbocycles. The molecule has 0 aliphatic heterocycles. The maximum absolute atomic E-state index is 13.3. The van der Waals surface area contributed by atoms with Crippen LogP contribution in [-0.4, -0.2) is 22.7 Å². The van der Waals surface area contributed by atoms with Crippen molar-refractivity contribution in [2.75, 3.05) is 11.5 Å². The molecule has 84 valence electrons. The van der Waals surface area contributed by atoms with Crippen LogP contribution >= 0.6 is 23.4 Å². The smallest absolute Gasteiger partial charge is 0.127 e. The maximum atomic E-state index is 13.3. The molecule has 4 heteroatoms. The van der Waals surface area contributed by atoms with Gasteiger partial charge in [-0.3, -0.25) is 0 Å². The Bertz CT molecular complexity index is 319. The number of hydrogen-bond donors (Lipinski definition) is 1. The Hall–Kier alpha value is -0.250. The summed E-state index contributed by atoms with van der Waals surface area (Å²) in [6.45, 7) is 2.03. The molecule has 1 aromatic carbocycles. The summed E-state index contributed by atoms with van der Waals surface area (Å²) < 4.78 is 13.3. The lowest BCUT2D eigenvalue weighted by Crippen LogP contribution is -2.14. The molecule has 1 aromatic rings. The van der Waals surface area contributed by atoms with E-state index in [1.54, 1.807) is 23.9 Å². The van der Waals surface area contributed by atoms with E-state index < -0.39 is 6.10 Å². The van der Waals surface area contributed by atoms with Crippen molar-refractivity contribution in [3.8, 4) is 0 Å². The molecule has 0 aliphatic carbocycles. The van der Waals surface area contributed by atoms with E-state index in [9.17, 15) is 9.50 Å². The quantitative estimate of drug-likeness (QED) is 0.864. The Morgan fingerprint density at radius 1 is 1.53 bits per heavy atom. The predicted molar refractivity (Wildman–Crippen MR) is 64.1 cm³/mol. The number of halogens is 2. The highest BCUT2D eigenvalue weighted by atomic mass is 35.5. The fourth-order valence-corrected chi connectivity index (χ4v) is 2.04. The van der Waals surface area contributed by atoms with Gasteiger partial charge in [-0.15, -0.1) is 0 Å². The van der Waals surface area contributed by atoms with Crippen LogP contribution in [-0.2, 0) is 6.42 Å². The first-order valence-electron chi connectivity index (χ1n) is 4.83. The van der Waals surface area contributed by atoms with Crippen molar-refractivity contribution in [3.05, 3.63) is 34.6 Å². The standard InChI is InChI=1S/C11H14ClFOS/c1-2-15-7-10(14)5-8-3-4-9(12)6-11(8)13/h3-4,6,10,14H,2,5,7H2,1H3. The lowest BCUT2D eigenvalue weighted by Gasteiger charge is -2.10. The van der Waals surface area contributed by atoms with Crippen molar-refractivity contribution in [1.29, 1.82) is 0 Å². The predicted octanol–water partition coefficient (Wildman–Crippen LogP) is 3.14. The van der Waals surface area contributed by atoms with Gasteiger partial charge in [0.05, 0.1) is 6.10 Å². The monoisotopic (exact) mass is 248 g/mol. The van der Waals surface area contributed by atoms with Crippen LogP contribution in [0.4, 0.5) is 4.39 Å². The van der Waals surface area contributed by atoms with Gasteiger partial charge in [0, 0.05) is 17.2 Å². The molecule has 0 bridgehead atoms. The number of hydrogen-bond acceptors (Lipinski definition) is 2. The molecule has 0 aromatic heterocycles. The summed E-state index contributed by atoms with van der Waals surface area (Å²) in [5.41, 5.74) is 0.517. The van der Waals surface area contributed by atoms with Gasteiger partial charge in [0.25, 0.3) is 0 Å². The minimum atomic E-state index is -0.495. The molecule has 0 heterocycles. The first kappa shape index (κ1) is 12.8. The summed E-state index contributed by atoms with van der Waals surface area (Å²) in [4.78, 5) is 0. The molecular formula is C11H14ClFOS. The topological polar surface area (TPSA) is 20.2 Å². The van der Waals surface area contributed by atoms with Crippen molar-refractivity contribution in [3.63, 3.8) is 0 Å². The number of aliphatic hydroxyl groups excluding tert-OH is 1. The molecule has 0 amide bonds. The highest BCUT2D eigenvalue weighted by molar-refractivity contribution is 7.99. The van der Waals surface area contributed by atoms with E-state index >= 15 is 0 Å². The summed E-state index contributed by atoms with van der Waals surface area (Å²) in [7, 11) is 0. The second kappa shape index (κ2) is 6.36. The average Bonchev–Trinajstić information content (AvgIpc) is 2.19. The van der Waals surface area contributed by atoms with Crippen molar-refractivity contribution in [2.45, 2.75) is 19.4 Å². The van der Waals surface area contributed by atoms with Gasteiger partial charge in [-0.1, -0.05) is 24.6 Å². The molecule has 1 unspecified atom stereocenters. The highest BCUT2D eigenvalue weighted by Crippen LogP contribution is 2.17. The molecule has 0 radical (unpaired) electrons. The molecular weight excluding hydrogens is 235 g/mol. The number of thioether (sulfide) groups is 1. The lowest BCUT2D eigenvalue weighted by atomic mass is 10.1. The van der Waals surface area contributed by atoms with E-state index in [-0.39, 0.29) is 5.82 Å². The van der Waals surface area contributed by atoms with Crippen molar-refractivity contribution < 1.29 is 9.50 Å². The zero-order valence-corrected chi connectivity index (χ0v) is 10.1. The van der Waals surface area contributed by atoms with Gasteiger partial charge >= 0.3 is 0 Å². The summed E-state index contributed by atoms with van der Waals surface area (Å²) in [5, 5.41) is 9.99. The Morgan fingerprint density at radius 2 is 2.27 bits per heavy atom.